The summed E-state index contributed by atoms with van der Waals surface area (Å²) in [6, 6.07) is 24.5. The Morgan fingerprint density at radius 1 is 0.909 bits per heavy atom. The van der Waals surface area contributed by atoms with Gasteiger partial charge in [0, 0.05) is 19.2 Å². The standard InChI is InChI=1S/C27H26N2O4/c30-26(28-25-9-5-4-8-24(25)27(31)29-16-18-32-19-17-29)15-12-21-10-13-23(14-11-21)33-20-22-6-2-1-3-7-22/h1-15H,16-20H2,(H,28,30). The Labute approximate surface area is 193 Å². The van der Waals surface area contributed by atoms with Crippen molar-refractivity contribution < 1.29 is 19.1 Å². The average Bonchev–Trinajstić information content (AvgIpc) is 2.88. The van der Waals surface area contributed by atoms with Crippen LogP contribution in [0, 0.1) is 0 Å². The monoisotopic (exact) mass is 442 g/mol. The minimum Gasteiger partial charge on any atom is -0.489 e. The summed E-state index contributed by atoms with van der Waals surface area (Å²) in [6.45, 7) is 2.65. The first-order valence-corrected chi connectivity index (χ1v) is 10.9. The van der Waals surface area contributed by atoms with E-state index in [1.807, 2.05) is 54.6 Å². The summed E-state index contributed by atoms with van der Waals surface area (Å²) in [4.78, 5) is 27.1. The zero-order valence-corrected chi connectivity index (χ0v) is 18.3. The van der Waals surface area contributed by atoms with Gasteiger partial charge in [-0.15, -0.1) is 0 Å². The highest BCUT2D eigenvalue weighted by Crippen LogP contribution is 2.19. The van der Waals surface area contributed by atoms with Crippen LogP contribution in [-0.4, -0.2) is 43.0 Å². The molecule has 3 aromatic carbocycles. The number of ether oxygens (including phenoxy) is 2. The maximum Gasteiger partial charge on any atom is 0.256 e. The highest BCUT2D eigenvalue weighted by atomic mass is 16.5. The first kappa shape index (κ1) is 22.3. The minimum absolute atomic E-state index is 0.107. The molecule has 1 fully saturated rings. The van der Waals surface area contributed by atoms with Crippen molar-refractivity contribution in [1.29, 1.82) is 0 Å². The second-order valence-corrected chi connectivity index (χ2v) is 7.62. The lowest BCUT2D eigenvalue weighted by Crippen LogP contribution is -2.41. The zero-order chi connectivity index (χ0) is 22.9. The SMILES string of the molecule is O=C(C=Cc1ccc(OCc2ccccc2)cc1)Nc1ccccc1C(=O)N1CCOCC1. The zero-order valence-electron chi connectivity index (χ0n) is 18.3. The maximum atomic E-state index is 12.8. The third-order valence-corrected chi connectivity index (χ3v) is 5.27. The van der Waals surface area contributed by atoms with E-state index in [2.05, 4.69) is 5.32 Å². The van der Waals surface area contributed by atoms with Crippen LogP contribution in [0.5, 0.6) is 5.75 Å². The third-order valence-electron chi connectivity index (χ3n) is 5.27. The van der Waals surface area contributed by atoms with Crippen LogP contribution in [0.25, 0.3) is 6.08 Å². The van der Waals surface area contributed by atoms with Crippen LogP contribution in [0.4, 0.5) is 5.69 Å². The number of para-hydroxylation sites is 1. The van der Waals surface area contributed by atoms with Gasteiger partial charge < -0.3 is 19.7 Å². The first-order chi connectivity index (χ1) is 16.2. The number of hydrogen-bond donors (Lipinski definition) is 1. The number of hydrogen-bond acceptors (Lipinski definition) is 4. The van der Waals surface area contributed by atoms with E-state index in [4.69, 9.17) is 9.47 Å². The van der Waals surface area contributed by atoms with Gasteiger partial charge in [0.25, 0.3) is 5.91 Å². The van der Waals surface area contributed by atoms with Crippen LogP contribution in [0.2, 0.25) is 0 Å². The molecule has 33 heavy (non-hydrogen) atoms. The number of benzene rings is 3. The lowest BCUT2D eigenvalue weighted by Gasteiger charge is -2.27. The smallest absolute Gasteiger partial charge is 0.256 e. The van der Waals surface area contributed by atoms with E-state index in [9.17, 15) is 9.59 Å². The molecule has 0 spiro atoms. The molecule has 3 aromatic rings. The van der Waals surface area contributed by atoms with Gasteiger partial charge in [-0.1, -0.05) is 54.6 Å². The highest BCUT2D eigenvalue weighted by molar-refractivity contribution is 6.07. The molecule has 0 aliphatic carbocycles. The number of nitrogens with one attached hydrogen (secondary N) is 1. The lowest BCUT2D eigenvalue weighted by molar-refractivity contribution is -0.111. The van der Waals surface area contributed by atoms with Gasteiger partial charge in [0.2, 0.25) is 5.91 Å². The fourth-order valence-corrected chi connectivity index (χ4v) is 3.48. The van der Waals surface area contributed by atoms with Crippen molar-refractivity contribution in [3.05, 3.63) is 102 Å². The molecular formula is C27H26N2O4. The van der Waals surface area contributed by atoms with Crippen LogP contribution in [0.1, 0.15) is 21.5 Å². The summed E-state index contributed by atoms with van der Waals surface area (Å²) < 4.78 is 11.1. The number of morpholine rings is 1. The van der Waals surface area contributed by atoms with Crippen molar-refractivity contribution >= 4 is 23.6 Å². The Hall–Kier alpha value is -3.90. The number of amides is 2. The van der Waals surface area contributed by atoms with Gasteiger partial charge in [-0.2, -0.15) is 0 Å². The topological polar surface area (TPSA) is 67.9 Å². The van der Waals surface area contributed by atoms with E-state index in [0.717, 1.165) is 16.9 Å². The van der Waals surface area contributed by atoms with Gasteiger partial charge in [0.15, 0.2) is 0 Å². The molecule has 1 aliphatic rings. The summed E-state index contributed by atoms with van der Waals surface area (Å²) in [5.74, 6) is 0.349. The fraction of sp³-hybridized carbons (Fsp3) is 0.185. The summed E-state index contributed by atoms with van der Waals surface area (Å²) in [5, 5.41) is 2.82. The Morgan fingerprint density at radius 3 is 2.36 bits per heavy atom. The second-order valence-electron chi connectivity index (χ2n) is 7.62. The van der Waals surface area contributed by atoms with E-state index < -0.39 is 0 Å². The Bertz CT molecular complexity index is 1100. The molecule has 2 amide bonds. The van der Waals surface area contributed by atoms with E-state index in [0.29, 0.717) is 44.2 Å². The largest absolute Gasteiger partial charge is 0.489 e. The molecule has 0 saturated carbocycles. The average molecular weight is 443 g/mol. The third kappa shape index (κ3) is 6.30. The minimum atomic E-state index is -0.304. The molecule has 4 rings (SSSR count). The molecule has 1 N–H and O–H groups in total. The van der Waals surface area contributed by atoms with Crippen molar-refractivity contribution in [2.45, 2.75) is 6.61 Å². The number of carbonyl (C=O) groups excluding carboxylic acids is 2. The molecule has 0 atom stereocenters. The summed E-state index contributed by atoms with van der Waals surface area (Å²) in [6.07, 6.45) is 3.18. The normalized spacial score (nSPS) is 13.6. The number of rotatable bonds is 7. The molecule has 6 nitrogen and oxygen atoms in total. The maximum absolute atomic E-state index is 12.8. The van der Waals surface area contributed by atoms with Crippen LogP contribution in [-0.2, 0) is 16.1 Å². The van der Waals surface area contributed by atoms with Gasteiger partial charge in [-0.05, 0) is 41.5 Å². The van der Waals surface area contributed by atoms with Crippen molar-refractivity contribution in [3.8, 4) is 5.75 Å². The molecule has 1 saturated heterocycles. The fourth-order valence-electron chi connectivity index (χ4n) is 3.48. The van der Waals surface area contributed by atoms with Gasteiger partial charge in [0.05, 0.1) is 24.5 Å². The summed E-state index contributed by atoms with van der Waals surface area (Å²) >= 11 is 0. The molecular weight excluding hydrogens is 416 g/mol. The molecule has 0 unspecified atom stereocenters. The van der Waals surface area contributed by atoms with Crippen molar-refractivity contribution in [2.75, 3.05) is 31.6 Å². The second kappa shape index (κ2) is 11.1. The number of anilines is 1. The molecule has 6 heteroatoms. The molecule has 0 aromatic heterocycles. The highest BCUT2D eigenvalue weighted by Gasteiger charge is 2.21. The van der Waals surface area contributed by atoms with Gasteiger partial charge in [-0.3, -0.25) is 9.59 Å². The van der Waals surface area contributed by atoms with Crippen molar-refractivity contribution in [1.82, 2.24) is 4.90 Å². The predicted molar refractivity (Wildman–Crippen MR) is 128 cm³/mol. The van der Waals surface area contributed by atoms with Gasteiger partial charge in [0.1, 0.15) is 12.4 Å². The van der Waals surface area contributed by atoms with Crippen LogP contribution >= 0.6 is 0 Å². The van der Waals surface area contributed by atoms with E-state index in [1.54, 1.807) is 35.2 Å². The van der Waals surface area contributed by atoms with Gasteiger partial charge in [-0.25, -0.2) is 0 Å². The molecule has 1 aliphatic heterocycles. The Morgan fingerprint density at radius 2 is 1.61 bits per heavy atom. The molecule has 168 valence electrons. The predicted octanol–water partition coefficient (Wildman–Crippen LogP) is 4.39. The van der Waals surface area contributed by atoms with Crippen LogP contribution < -0.4 is 10.1 Å². The van der Waals surface area contributed by atoms with Crippen LogP contribution in [0.3, 0.4) is 0 Å². The Balaban J connectivity index is 1.34. The summed E-state index contributed by atoms with van der Waals surface area (Å²) in [5.41, 5.74) is 2.94. The van der Waals surface area contributed by atoms with E-state index in [1.165, 1.54) is 6.08 Å². The van der Waals surface area contributed by atoms with Crippen molar-refractivity contribution in [3.63, 3.8) is 0 Å². The number of nitrogens with zero attached hydrogens (tertiary/aromatic N) is 1. The lowest BCUT2D eigenvalue weighted by atomic mass is 10.1. The van der Waals surface area contributed by atoms with E-state index >= 15 is 0 Å². The van der Waals surface area contributed by atoms with Gasteiger partial charge >= 0.3 is 0 Å². The summed E-state index contributed by atoms with van der Waals surface area (Å²) in [7, 11) is 0. The number of carbonyl (C=O) groups is 2. The van der Waals surface area contributed by atoms with E-state index in [-0.39, 0.29) is 11.8 Å². The first-order valence-electron chi connectivity index (χ1n) is 10.9. The molecule has 0 radical (unpaired) electrons. The molecule has 1 heterocycles. The van der Waals surface area contributed by atoms with Crippen molar-refractivity contribution in [2.24, 2.45) is 0 Å². The molecule has 0 bridgehead atoms. The quantitative estimate of drug-likeness (QED) is 0.551. The Kier molecular flexibility index (Phi) is 7.51. The van der Waals surface area contributed by atoms with Crippen LogP contribution in [0.15, 0.2) is 84.9 Å².